The minimum atomic E-state index is -2.55. The van der Waals surface area contributed by atoms with Crippen molar-refractivity contribution in [2.24, 2.45) is 0 Å². The summed E-state index contributed by atoms with van der Waals surface area (Å²) in [5.41, 5.74) is 6.12. The number of amides is 1. The zero-order valence-corrected chi connectivity index (χ0v) is 11.4. The van der Waals surface area contributed by atoms with Crippen molar-refractivity contribution in [1.29, 1.82) is 0 Å². The van der Waals surface area contributed by atoms with Gasteiger partial charge in [0.25, 0.3) is 12.3 Å². The molecule has 0 aliphatic carbocycles. The van der Waals surface area contributed by atoms with Crippen molar-refractivity contribution in [2.75, 3.05) is 19.3 Å². The van der Waals surface area contributed by atoms with Gasteiger partial charge in [-0.05, 0) is 18.2 Å². The molecule has 0 saturated carbocycles. The van der Waals surface area contributed by atoms with Gasteiger partial charge in [0.15, 0.2) is 0 Å². The maximum absolute atomic E-state index is 12.1. The number of alkyl halides is 2. The molecule has 17 heavy (non-hydrogen) atoms. The van der Waals surface area contributed by atoms with Crippen molar-refractivity contribution in [3.8, 4) is 0 Å². The van der Waals surface area contributed by atoms with Gasteiger partial charge in [-0.1, -0.05) is 15.9 Å². The van der Waals surface area contributed by atoms with E-state index >= 15 is 0 Å². The highest BCUT2D eigenvalue weighted by Gasteiger charge is 2.17. The Balaban J connectivity index is 0.00000256. The van der Waals surface area contributed by atoms with Crippen LogP contribution in [0.15, 0.2) is 22.7 Å². The van der Waals surface area contributed by atoms with Crippen LogP contribution in [0.3, 0.4) is 0 Å². The number of anilines is 1. The number of hydrogen-bond donors (Lipinski definition) is 1. The molecule has 1 aromatic carbocycles. The average molecular weight is 330 g/mol. The molecule has 0 atom stereocenters. The molecule has 0 radical (unpaired) electrons. The van der Waals surface area contributed by atoms with Crippen molar-refractivity contribution in [3.05, 3.63) is 28.2 Å². The monoisotopic (exact) mass is 328 g/mol. The lowest BCUT2D eigenvalue weighted by Crippen LogP contribution is -2.31. The van der Waals surface area contributed by atoms with Crippen LogP contribution in [0.1, 0.15) is 10.4 Å². The van der Waals surface area contributed by atoms with Gasteiger partial charge in [-0.3, -0.25) is 4.79 Å². The van der Waals surface area contributed by atoms with Crippen LogP contribution in [0.2, 0.25) is 0 Å². The molecule has 7 heteroatoms. The summed E-state index contributed by atoms with van der Waals surface area (Å²) in [4.78, 5) is 12.7. The number of nitrogens with zero attached hydrogens (tertiary/aromatic N) is 1. The fourth-order valence-corrected chi connectivity index (χ4v) is 1.60. The van der Waals surface area contributed by atoms with Gasteiger partial charge < -0.3 is 10.6 Å². The maximum Gasteiger partial charge on any atom is 0.255 e. The third kappa shape index (κ3) is 4.47. The van der Waals surface area contributed by atoms with E-state index in [1.807, 2.05) is 0 Å². The number of halogens is 4. The molecule has 0 heterocycles. The first-order chi connectivity index (χ1) is 7.41. The Kier molecular flexibility index (Phi) is 6.41. The van der Waals surface area contributed by atoms with E-state index in [1.165, 1.54) is 13.1 Å². The van der Waals surface area contributed by atoms with Crippen molar-refractivity contribution in [2.45, 2.75) is 6.43 Å². The molecule has 1 amide bonds. The summed E-state index contributed by atoms with van der Waals surface area (Å²) in [6.45, 7) is -0.603. The molecule has 0 unspecified atom stereocenters. The normalized spacial score (nSPS) is 9.94. The highest BCUT2D eigenvalue weighted by Crippen LogP contribution is 2.19. The first kappa shape index (κ1) is 16.1. The second kappa shape index (κ2) is 6.76. The second-order valence-corrected chi connectivity index (χ2v) is 4.22. The average Bonchev–Trinajstić information content (AvgIpc) is 2.15. The van der Waals surface area contributed by atoms with Crippen LogP contribution in [0.5, 0.6) is 0 Å². The standard InChI is InChI=1S/C10H11BrF2N2O.ClH/c1-15(5-9(12)13)10(16)7-3-2-6(11)4-8(7)14;/h2-4,9H,5,14H2,1H3;1H. The van der Waals surface area contributed by atoms with Gasteiger partial charge >= 0.3 is 0 Å². The van der Waals surface area contributed by atoms with Crippen LogP contribution >= 0.6 is 28.3 Å². The van der Waals surface area contributed by atoms with Gasteiger partial charge in [0, 0.05) is 17.2 Å². The number of carbonyl (C=O) groups is 1. The fourth-order valence-electron chi connectivity index (χ4n) is 1.22. The van der Waals surface area contributed by atoms with Gasteiger partial charge in [0.05, 0.1) is 12.1 Å². The minimum absolute atomic E-state index is 0. The molecular weight excluding hydrogens is 317 g/mol. The Bertz CT molecular complexity index is 404. The van der Waals surface area contributed by atoms with E-state index in [2.05, 4.69) is 15.9 Å². The molecule has 0 aliphatic rings. The molecule has 1 aromatic rings. The number of benzene rings is 1. The molecular formula is C10H12BrClF2N2O. The lowest BCUT2D eigenvalue weighted by molar-refractivity contribution is 0.0621. The van der Waals surface area contributed by atoms with Crippen LogP contribution in [0.4, 0.5) is 14.5 Å². The van der Waals surface area contributed by atoms with Gasteiger partial charge in [-0.25, -0.2) is 8.78 Å². The molecule has 3 nitrogen and oxygen atoms in total. The smallest absolute Gasteiger partial charge is 0.255 e. The fraction of sp³-hybridized carbons (Fsp3) is 0.300. The third-order valence-corrected chi connectivity index (χ3v) is 2.50. The van der Waals surface area contributed by atoms with Gasteiger partial charge in [0.1, 0.15) is 0 Å². The molecule has 0 spiro atoms. The van der Waals surface area contributed by atoms with Crippen LogP contribution in [0.25, 0.3) is 0 Å². The highest BCUT2D eigenvalue weighted by molar-refractivity contribution is 9.10. The summed E-state index contributed by atoms with van der Waals surface area (Å²) in [5.74, 6) is -0.509. The molecule has 0 aromatic heterocycles. The van der Waals surface area contributed by atoms with E-state index < -0.39 is 18.9 Å². The SMILES string of the molecule is CN(CC(F)F)C(=O)c1ccc(Br)cc1N.Cl. The summed E-state index contributed by atoms with van der Waals surface area (Å²) < 4.78 is 24.9. The van der Waals surface area contributed by atoms with E-state index in [1.54, 1.807) is 12.1 Å². The molecule has 0 fully saturated rings. The van der Waals surface area contributed by atoms with Crippen molar-refractivity contribution >= 4 is 39.9 Å². The van der Waals surface area contributed by atoms with Gasteiger partial charge in [0.2, 0.25) is 0 Å². The Hall–Kier alpha value is -0.880. The van der Waals surface area contributed by atoms with Crippen LogP contribution in [-0.4, -0.2) is 30.8 Å². The van der Waals surface area contributed by atoms with Gasteiger partial charge in [-0.15, -0.1) is 12.4 Å². The summed E-state index contributed by atoms with van der Waals surface area (Å²) in [6.07, 6.45) is -2.55. The third-order valence-electron chi connectivity index (χ3n) is 2.00. The van der Waals surface area contributed by atoms with E-state index in [4.69, 9.17) is 5.73 Å². The summed E-state index contributed by atoms with van der Waals surface area (Å²) in [5, 5.41) is 0. The van der Waals surface area contributed by atoms with Gasteiger partial charge in [-0.2, -0.15) is 0 Å². The lowest BCUT2D eigenvalue weighted by Gasteiger charge is -2.17. The maximum atomic E-state index is 12.1. The zero-order valence-electron chi connectivity index (χ0n) is 8.99. The molecule has 1 rings (SSSR count). The first-order valence-electron chi connectivity index (χ1n) is 4.50. The van der Waals surface area contributed by atoms with Crippen LogP contribution in [-0.2, 0) is 0 Å². The first-order valence-corrected chi connectivity index (χ1v) is 5.29. The Morgan fingerprint density at radius 3 is 2.59 bits per heavy atom. The topological polar surface area (TPSA) is 46.3 Å². The minimum Gasteiger partial charge on any atom is -0.398 e. The number of hydrogen-bond acceptors (Lipinski definition) is 2. The van der Waals surface area contributed by atoms with E-state index in [0.717, 1.165) is 9.37 Å². The number of nitrogens with two attached hydrogens (primary N) is 1. The van der Waals surface area contributed by atoms with Crippen LogP contribution < -0.4 is 5.73 Å². The molecule has 2 N–H and O–H groups in total. The van der Waals surface area contributed by atoms with Crippen LogP contribution in [0, 0.1) is 0 Å². The van der Waals surface area contributed by atoms with Crippen molar-refractivity contribution in [3.63, 3.8) is 0 Å². The summed E-state index contributed by atoms with van der Waals surface area (Å²) >= 11 is 3.20. The quantitative estimate of drug-likeness (QED) is 0.867. The number of carbonyl (C=O) groups excluding carboxylic acids is 1. The lowest BCUT2D eigenvalue weighted by atomic mass is 10.1. The second-order valence-electron chi connectivity index (χ2n) is 3.31. The summed E-state index contributed by atoms with van der Waals surface area (Å²) in [7, 11) is 1.32. The predicted molar refractivity (Wildman–Crippen MR) is 68.8 cm³/mol. The predicted octanol–water partition coefficient (Wildman–Crippen LogP) is 2.79. The summed E-state index contributed by atoms with van der Waals surface area (Å²) in [6, 6.07) is 4.70. The van der Waals surface area contributed by atoms with Crippen molar-refractivity contribution in [1.82, 2.24) is 4.90 Å². The van der Waals surface area contributed by atoms with Crippen molar-refractivity contribution < 1.29 is 13.6 Å². The Labute approximate surface area is 113 Å². The van der Waals surface area contributed by atoms with E-state index in [0.29, 0.717) is 0 Å². The zero-order chi connectivity index (χ0) is 12.3. The van der Waals surface area contributed by atoms with E-state index in [9.17, 15) is 13.6 Å². The molecule has 0 aliphatic heterocycles. The number of nitrogen functional groups attached to an aromatic ring is 1. The molecule has 96 valence electrons. The molecule has 0 saturated heterocycles. The highest BCUT2D eigenvalue weighted by atomic mass is 79.9. The Morgan fingerprint density at radius 2 is 2.12 bits per heavy atom. The number of rotatable bonds is 3. The van der Waals surface area contributed by atoms with E-state index in [-0.39, 0.29) is 23.7 Å². The molecule has 0 bridgehead atoms. The Morgan fingerprint density at radius 1 is 1.53 bits per heavy atom. The largest absolute Gasteiger partial charge is 0.398 e.